The lowest BCUT2D eigenvalue weighted by Crippen LogP contribution is -2.56. The van der Waals surface area contributed by atoms with Gasteiger partial charge in [0.1, 0.15) is 6.04 Å². The Morgan fingerprint density at radius 1 is 1.58 bits per heavy atom. The van der Waals surface area contributed by atoms with Crippen LogP contribution in [0, 0.1) is 6.92 Å². The summed E-state index contributed by atoms with van der Waals surface area (Å²) in [6.45, 7) is 2.40. The van der Waals surface area contributed by atoms with Crippen molar-refractivity contribution in [3.63, 3.8) is 0 Å². The number of aromatic nitrogens is 1. The van der Waals surface area contributed by atoms with Crippen LogP contribution in [0.25, 0.3) is 0 Å². The number of aryl methyl sites for hydroxylation is 1. The Labute approximate surface area is 111 Å². The molecule has 0 amide bonds. The molecule has 1 aromatic heterocycles. The third kappa shape index (κ3) is 2.75. The Kier molecular flexibility index (Phi) is 3.83. The van der Waals surface area contributed by atoms with Crippen molar-refractivity contribution in [2.45, 2.75) is 18.0 Å². The van der Waals surface area contributed by atoms with Gasteiger partial charge in [-0.05, 0) is 24.6 Å². The first kappa shape index (κ1) is 13.9. The first-order valence-electron chi connectivity index (χ1n) is 5.81. The molecule has 2 heterocycles. The summed E-state index contributed by atoms with van der Waals surface area (Å²) >= 11 is 0. The zero-order valence-corrected chi connectivity index (χ0v) is 11.2. The highest BCUT2D eigenvalue weighted by Gasteiger charge is 2.38. The van der Waals surface area contributed by atoms with Crippen LogP contribution in [0.2, 0.25) is 0 Å². The molecule has 7 nitrogen and oxygen atoms in total. The van der Waals surface area contributed by atoms with Crippen molar-refractivity contribution in [1.29, 1.82) is 0 Å². The van der Waals surface area contributed by atoms with E-state index in [2.05, 4.69) is 10.3 Å². The number of sulfonamides is 1. The number of carboxylic acids is 1. The highest BCUT2D eigenvalue weighted by Crippen LogP contribution is 2.18. The van der Waals surface area contributed by atoms with E-state index in [1.54, 1.807) is 13.0 Å². The highest BCUT2D eigenvalue weighted by molar-refractivity contribution is 7.89. The first-order valence-corrected chi connectivity index (χ1v) is 7.25. The molecule has 0 saturated carbocycles. The van der Waals surface area contributed by atoms with Gasteiger partial charge in [0.25, 0.3) is 10.0 Å². The molecular formula is C11H15N3O4S. The maximum atomic E-state index is 12.4. The van der Waals surface area contributed by atoms with E-state index in [-0.39, 0.29) is 18.1 Å². The van der Waals surface area contributed by atoms with E-state index in [4.69, 9.17) is 5.11 Å². The summed E-state index contributed by atoms with van der Waals surface area (Å²) in [5.41, 5.74) is 0.760. The van der Waals surface area contributed by atoms with Crippen molar-refractivity contribution in [1.82, 2.24) is 14.6 Å². The van der Waals surface area contributed by atoms with Gasteiger partial charge in [0.15, 0.2) is 5.03 Å². The van der Waals surface area contributed by atoms with Crippen molar-refractivity contribution in [3.8, 4) is 0 Å². The molecular weight excluding hydrogens is 270 g/mol. The fourth-order valence-corrected chi connectivity index (χ4v) is 3.55. The molecule has 1 saturated heterocycles. The molecule has 8 heteroatoms. The number of hydrogen-bond acceptors (Lipinski definition) is 5. The first-order chi connectivity index (χ1) is 8.93. The average molecular weight is 285 g/mol. The van der Waals surface area contributed by atoms with Crippen LogP contribution < -0.4 is 5.32 Å². The topological polar surface area (TPSA) is 99.6 Å². The Morgan fingerprint density at radius 3 is 2.95 bits per heavy atom. The number of carboxylic acid groups (broad SMARTS) is 1. The van der Waals surface area contributed by atoms with Gasteiger partial charge in [0.05, 0.1) is 0 Å². The van der Waals surface area contributed by atoms with Gasteiger partial charge in [0, 0.05) is 25.8 Å². The minimum Gasteiger partial charge on any atom is -0.480 e. The summed E-state index contributed by atoms with van der Waals surface area (Å²) in [6.07, 6.45) is 1.40. The molecule has 0 aliphatic carbocycles. The number of nitrogens with one attached hydrogen (secondary N) is 1. The van der Waals surface area contributed by atoms with Crippen molar-refractivity contribution in [3.05, 3.63) is 23.9 Å². The second-order valence-electron chi connectivity index (χ2n) is 4.35. The van der Waals surface area contributed by atoms with Gasteiger partial charge in [0.2, 0.25) is 0 Å². The SMILES string of the molecule is Cc1ccnc(S(=O)(=O)N2CCNC[C@H]2C(=O)O)c1. The fraction of sp³-hybridized carbons (Fsp3) is 0.455. The second-order valence-corrected chi connectivity index (χ2v) is 6.18. The van der Waals surface area contributed by atoms with Gasteiger partial charge in [-0.15, -0.1) is 0 Å². The molecule has 0 spiro atoms. The van der Waals surface area contributed by atoms with Crippen LogP contribution in [-0.2, 0) is 14.8 Å². The third-order valence-electron chi connectivity index (χ3n) is 2.94. The zero-order chi connectivity index (χ0) is 14.0. The molecule has 1 aliphatic heterocycles. The van der Waals surface area contributed by atoms with Crippen LogP contribution >= 0.6 is 0 Å². The molecule has 1 aliphatic rings. The Morgan fingerprint density at radius 2 is 2.32 bits per heavy atom. The van der Waals surface area contributed by atoms with E-state index < -0.39 is 22.0 Å². The van der Waals surface area contributed by atoms with Crippen molar-refractivity contribution in [2.75, 3.05) is 19.6 Å². The van der Waals surface area contributed by atoms with Gasteiger partial charge in [-0.3, -0.25) is 4.79 Å². The summed E-state index contributed by atoms with van der Waals surface area (Å²) in [4.78, 5) is 15.0. The number of hydrogen-bond donors (Lipinski definition) is 2. The molecule has 2 N–H and O–H groups in total. The normalized spacial score (nSPS) is 21.2. The largest absolute Gasteiger partial charge is 0.480 e. The van der Waals surface area contributed by atoms with Crippen molar-refractivity contribution >= 4 is 16.0 Å². The Balaban J connectivity index is 2.40. The molecule has 104 valence electrons. The van der Waals surface area contributed by atoms with Crippen LogP contribution in [0.4, 0.5) is 0 Å². The predicted molar refractivity (Wildman–Crippen MR) is 67.2 cm³/mol. The fourth-order valence-electron chi connectivity index (χ4n) is 1.95. The lowest BCUT2D eigenvalue weighted by Gasteiger charge is -2.32. The maximum absolute atomic E-state index is 12.4. The molecule has 2 rings (SSSR count). The summed E-state index contributed by atoms with van der Waals surface area (Å²) in [7, 11) is -3.88. The van der Waals surface area contributed by atoms with Crippen LogP contribution in [0.1, 0.15) is 5.56 Å². The van der Waals surface area contributed by atoms with Crippen molar-refractivity contribution in [2.24, 2.45) is 0 Å². The van der Waals surface area contributed by atoms with Gasteiger partial charge in [-0.25, -0.2) is 13.4 Å². The standard InChI is InChI=1S/C11H15N3O4S/c1-8-2-3-13-10(6-8)19(17,18)14-5-4-12-7-9(14)11(15)16/h2-3,6,9,12H,4-5,7H2,1H3,(H,15,16)/t9-/m0/s1. The number of pyridine rings is 1. The predicted octanol–water partition coefficient (Wildman–Crippen LogP) is -0.563. The molecule has 1 fully saturated rings. The number of nitrogens with zero attached hydrogens (tertiary/aromatic N) is 2. The van der Waals surface area contributed by atoms with E-state index in [1.807, 2.05) is 0 Å². The summed E-state index contributed by atoms with van der Waals surface area (Å²) < 4.78 is 25.8. The third-order valence-corrected chi connectivity index (χ3v) is 4.75. The molecule has 1 aromatic rings. The number of aliphatic carboxylic acids is 1. The molecule has 0 radical (unpaired) electrons. The zero-order valence-electron chi connectivity index (χ0n) is 10.4. The van der Waals surface area contributed by atoms with Gasteiger partial charge >= 0.3 is 5.97 Å². The van der Waals surface area contributed by atoms with E-state index in [9.17, 15) is 13.2 Å². The average Bonchev–Trinajstić information content (AvgIpc) is 2.38. The molecule has 0 bridgehead atoms. The van der Waals surface area contributed by atoms with Gasteiger partial charge in [-0.2, -0.15) is 4.31 Å². The quantitative estimate of drug-likeness (QED) is 0.772. The van der Waals surface area contributed by atoms with Crippen LogP contribution in [0.3, 0.4) is 0 Å². The van der Waals surface area contributed by atoms with Crippen LogP contribution in [0.5, 0.6) is 0 Å². The van der Waals surface area contributed by atoms with Crippen LogP contribution in [0.15, 0.2) is 23.4 Å². The van der Waals surface area contributed by atoms with E-state index in [0.717, 1.165) is 9.87 Å². The highest BCUT2D eigenvalue weighted by atomic mass is 32.2. The lowest BCUT2D eigenvalue weighted by molar-refractivity contribution is -0.141. The Hall–Kier alpha value is -1.51. The number of carbonyl (C=O) groups is 1. The Bertz CT molecular complexity index is 587. The van der Waals surface area contributed by atoms with E-state index >= 15 is 0 Å². The van der Waals surface area contributed by atoms with Gasteiger partial charge < -0.3 is 10.4 Å². The second kappa shape index (κ2) is 5.24. The van der Waals surface area contributed by atoms with E-state index in [1.165, 1.54) is 12.3 Å². The monoisotopic (exact) mass is 285 g/mol. The minimum atomic E-state index is -3.88. The summed E-state index contributed by atoms with van der Waals surface area (Å²) in [5.74, 6) is -1.16. The summed E-state index contributed by atoms with van der Waals surface area (Å²) in [5, 5.41) is 11.9. The molecule has 0 aromatic carbocycles. The van der Waals surface area contributed by atoms with E-state index in [0.29, 0.717) is 6.54 Å². The van der Waals surface area contributed by atoms with Gasteiger partial charge in [-0.1, -0.05) is 0 Å². The summed E-state index contributed by atoms with van der Waals surface area (Å²) in [6, 6.07) is 2.03. The van der Waals surface area contributed by atoms with Crippen LogP contribution in [-0.4, -0.2) is 54.5 Å². The molecule has 19 heavy (non-hydrogen) atoms. The maximum Gasteiger partial charge on any atom is 0.323 e. The lowest BCUT2D eigenvalue weighted by atomic mass is 10.2. The molecule has 0 unspecified atom stereocenters. The number of rotatable bonds is 3. The smallest absolute Gasteiger partial charge is 0.323 e. The number of piperazine rings is 1. The molecule has 1 atom stereocenters. The van der Waals surface area contributed by atoms with Crippen molar-refractivity contribution < 1.29 is 18.3 Å². The minimum absolute atomic E-state index is 0.0976.